The molecule has 0 unspecified atom stereocenters. The molecular formula is C14H15NS. The molecule has 16 heavy (non-hydrogen) atoms. The Labute approximate surface area is 101 Å². The molecule has 0 saturated carbocycles. The predicted octanol–water partition coefficient (Wildman–Crippen LogP) is 4.05. The number of hydrogen-bond donors (Lipinski definition) is 1. The topological polar surface area (TPSA) is 26.0 Å². The number of nitrogen functional groups attached to an aromatic ring is 1. The van der Waals surface area contributed by atoms with E-state index < -0.39 is 0 Å². The van der Waals surface area contributed by atoms with E-state index in [-0.39, 0.29) is 0 Å². The molecule has 0 amide bonds. The summed E-state index contributed by atoms with van der Waals surface area (Å²) >= 11 is 1.82. The molecule has 0 atom stereocenters. The number of benzene rings is 2. The molecule has 0 aliphatic carbocycles. The van der Waals surface area contributed by atoms with Crippen LogP contribution in [0.1, 0.15) is 6.92 Å². The van der Waals surface area contributed by atoms with Crippen molar-refractivity contribution in [3.8, 4) is 11.1 Å². The summed E-state index contributed by atoms with van der Waals surface area (Å²) in [5, 5.41) is 0. The molecule has 2 aromatic carbocycles. The summed E-state index contributed by atoms with van der Waals surface area (Å²) in [7, 11) is 0. The van der Waals surface area contributed by atoms with Gasteiger partial charge >= 0.3 is 0 Å². The molecule has 0 bridgehead atoms. The van der Waals surface area contributed by atoms with Gasteiger partial charge in [0.1, 0.15) is 0 Å². The zero-order valence-electron chi connectivity index (χ0n) is 9.31. The first-order valence-corrected chi connectivity index (χ1v) is 6.37. The highest BCUT2D eigenvalue weighted by atomic mass is 32.2. The van der Waals surface area contributed by atoms with Crippen LogP contribution in [0.15, 0.2) is 53.4 Å². The van der Waals surface area contributed by atoms with Gasteiger partial charge in [-0.2, -0.15) is 0 Å². The van der Waals surface area contributed by atoms with E-state index in [4.69, 9.17) is 5.73 Å². The normalized spacial score (nSPS) is 10.3. The summed E-state index contributed by atoms with van der Waals surface area (Å²) in [6.45, 7) is 2.15. The second kappa shape index (κ2) is 5.08. The zero-order valence-corrected chi connectivity index (χ0v) is 10.1. The quantitative estimate of drug-likeness (QED) is 0.634. The third kappa shape index (κ3) is 2.58. The van der Waals surface area contributed by atoms with Crippen LogP contribution in [-0.2, 0) is 0 Å². The zero-order chi connectivity index (χ0) is 11.4. The maximum absolute atomic E-state index is 5.91. The Balaban J connectivity index is 2.41. The summed E-state index contributed by atoms with van der Waals surface area (Å²) < 4.78 is 0. The fourth-order valence-electron chi connectivity index (χ4n) is 1.67. The number of rotatable bonds is 3. The average Bonchev–Trinajstić information content (AvgIpc) is 2.30. The molecule has 0 saturated heterocycles. The van der Waals surface area contributed by atoms with Crippen LogP contribution in [-0.4, -0.2) is 5.75 Å². The first-order chi connectivity index (χ1) is 7.79. The summed E-state index contributed by atoms with van der Waals surface area (Å²) in [5.74, 6) is 1.07. The van der Waals surface area contributed by atoms with E-state index in [1.165, 1.54) is 16.0 Å². The largest absolute Gasteiger partial charge is 0.399 e. The maximum Gasteiger partial charge on any atom is 0.0331 e. The smallest absolute Gasteiger partial charge is 0.0331 e. The Kier molecular flexibility index (Phi) is 3.52. The Morgan fingerprint density at radius 1 is 1.00 bits per heavy atom. The van der Waals surface area contributed by atoms with E-state index in [9.17, 15) is 0 Å². The van der Waals surface area contributed by atoms with E-state index in [1.807, 2.05) is 42.1 Å². The lowest BCUT2D eigenvalue weighted by molar-refractivity contribution is 1.42. The van der Waals surface area contributed by atoms with Crippen molar-refractivity contribution in [2.24, 2.45) is 0 Å². The van der Waals surface area contributed by atoms with Gasteiger partial charge in [0, 0.05) is 10.6 Å². The van der Waals surface area contributed by atoms with Crippen LogP contribution in [0, 0.1) is 0 Å². The first kappa shape index (κ1) is 11.1. The molecule has 0 aromatic heterocycles. The monoisotopic (exact) mass is 229 g/mol. The minimum atomic E-state index is 0.831. The van der Waals surface area contributed by atoms with Gasteiger partial charge in [0.15, 0.2) is 0 Å². The van der Waals surface area contributed by atoms with Crippen LogP contribution in [0.2, 0.25) is 0 Å². The van der Waals surface area contributed by atoms with Crippen LogP contribution >= 0.6 is 11.8 Å². The van der Waals surface area contributed by atoms with Crippen molar-refractivity contribution in [1.82, 2.24) is 0 Å². The highest BCUT2D eigenvalue weighted by molar-refractivity contribution is 7.99. The van der Waals surface area contributed by atoms with Crippen LogP contribution < -0.4 is 5.73 Å². The number of anilines is 1. The van der Waals surface area contributed by atoms with Gasteiger partial charge in [0.05, 0.1) is 0 Å². The minimum Gasteiger partial charge on any atom is -0.399 e. The Morgan fingerprint density at radius 3 is 2.44 bits per heavy atom. The molecule has 0 aliphatic rings. The second-order valence-corrected chi connectivity index (χ2v) is 4.93. The molecule has 2 heteroatoms. The molecule has 2 rings (SSSR count). The molecule has 0 fully saturated rings. The van der Waals surface area contributed by atoms with Gasteiger partial charge in [-0.1, -0.05) is 37.3 Å². The highest BCUT2D eigenvalue weighted by Gasteiger charge is 2.01. The van der Waals surface area contributed by atoms with E-state index in [0.29, 0.717) is 0 Å². The first-order valence-electron chi connectivity index (χ1n) is 5.38. The molecule has 82 valence electrons. The van der Waals surface area contributed by atoms with Crippen LogP contribution in [0.3, 0.4) is 0 Å². The molecule has 0 heterocycles. The van der Waals surface area contributed by atoms with Gasteiger partial charge in [-0.3, -0.25) is 0 Å². The lowest BCUT2D eigenvalue weighted by Crippen LogP contribution is -1.87. The Morgan fingerprint density at radius 2 is 1.75 bits per heavy atom. The summed E-state index contributed by atoms with van der Waals surface area (Å²) in [5.41, 5.74) is 9.15. The summed E-state index contributed by atoms with van der Waals surface area (Å²) in [6, 6.07) is 16.6. The van der Waals surface area contributed by atoms with Gasteiger partial charge in [0.2, 0.25) is 0 Å². The van der Waals surface area contributed by atoms with Gasteiger partial charge in [-0.05, 0) is 35.1 Å². The predicted molar refractivity (Wildman–Crippen MR) is 72.7 cm³/mol. The molecule has 2 N–H and O–H groups in total. The summed E-state index contributed by atoms with van der Waals surface area (Å²) in [4.78, 5) is 1.24. The van der Waals surface area contributed by atoms with Crippen molar-refractivity contribution in [3.05, 3.63) is 48.5 Å². The van der Waals surface area contributed by atoms with Crippen molar-refractivity contribution < 1.29 is 0 Å². The number of nitrogens with two attached hydrogens (primary N) is 1. The second-order valence-electron chi connectivity index (χ2n) is 3.59. The van der Waals surface area contributed by atoms with Crippen LogP contribution in [0.25, 0.3) is 11.1 Å². The molecule has 0 radical (unpaired) electrons. The Hall–Kier alpha value is -1.41. The number of thioether (sulfide) groups is 1. The standard InChI is InChI=1S/C14H15NS/c1-2-16-14-9-12(8-13(15)10-14)11-6-4-3-5-7-11/h3-10H,2,15H2,1H3. The lowest BCUT2D eigenvalue weighted by Gasteiger charge is -2.06. The molecule has 2 aromatic rings. The van der Waals surface area contributed by atoms with Crippen molar-refractivity contribution in [2.45, 2.75) is 11.8 Å². The maximum atomic E-state index is 5.91. The van der Waals surface area contributed by atoms with Gasteiger partial charge in [-0.25, -0.2) is 0 Å². The van der Waals surface area contributed by atoms with Crippen molar-refractivity contribution >= 4 is 17.4 Å². The SMILES string of the molecule is CCSc1cc(N)cc(-c2ccccc2)c1. The van der Waals surface area contributed by atoms with E-state index in [0.717, 1.165) is 11.4 Å². The Bertz CT molecular complexity index is 465. The third-order valence-corrected chi connectivity index (χ3v) is 3.20. The third-order valence-electron chi connectivity index (χ3n) is 2.35. The highest BCUT2D eigenvalue weighted by Crippen LogP contribution is 2.28. The van der Waals surface area contributed by atoms with Gasteiger partial charge in [-0.15, -0.1) is 11.8 Å². The number of hydrogen-bond acceptors (Lipinski definition) is 2. The molecule has 0 aliphatic heterocycles. The van der Waals surface area contributed by atoms with Crippen LogP contribution in [0.4, 0.5) is 5.69 Å². The fourth-order valence-corrected chi connectivity index (χ4v) is 2.43. The van der Waals surface area contributed by atoms with E-state index in [1.54, 1.807) is 0 Å². The molecule has 1 nitrogen and oxygen atoms in total. The van der Waals surface area contributed by atoms with Gasteiger partial charge < -0.3 is 5.73 Å². The van der Waals surface area contributed by atoms with Crippen molar-refractivity contribution in [2.75, 3.05) is 11.5 Å². The lowest BCUT2D eigenvalue weighted by atomic mass is 10.1. The molecular weight excluding hydrogens is 214 g/mol. The van der Waals surface area contributed by atoms with Crippen molar-refractivity contribution in [3.63, 3.8) is 0 Å². The van der Waals surface area contributed by atoms with Crippen LogP contribution in [0.5, 0.6) is 0 Å². The van der Waals surface area contributed by atoms with E-state index in [2.05, 4.69) is 25.1 Å². The fraction of sp³-hybridized carbons (Fsp3) is 0.143. The van der Waals surface area contributed by atoms with Crippen molar-refractivity contribution in [1.29, 1.82) is 0 Å². The molecule has 0 spiro atoms. The minimum absolute atomic E-state index is 0.831. The van der Waals surface area contributed by atoms with Gasteiger partial charge in [0.25, 0.3) is 0 Å². The summed E-state index contributed by atoms with van der Waals surface area (Å²) in [6.07, 6.45) is 0. The van der Waals surface area contributed by atoms with E-state index >= 15 is 0 Å². The average molecular weight is 229 g/mol.